The van der Waals surface area contributed by atoms with E-state index in [0.717, 1.165) is 4.90 Å². The molecule has 0 saturated carbocycles. The Bertz CT molecular complexity index is 423. The third-order valence-electron chi connectivity index (χ3n) is 3.42. The number of unbranched alkanes of at least 4 members (excludes halogenated alkanes) is 3. The Morgan fingerprint density at radius 2 is 1.86 bits per heavy atom. The standard InChI is InChI=1S/C17H27NOS2/c1-3-5-6-7-11-14(10-4-2)20-21-16-13-9-8-12-15(16)17(18)19/h8-9,12-14H,3-7,10-11H2,1-2H3,(H2,18,19). The van der Waals surface area contributed by atoms with Gasteiger partial charge in [0.1, 0.15) is 0 Å². The van der Waals surface area contributed by atoms with Gasteiger partial charge in [0.2, 0.25) is 5.91 Å². The summed E-state index contributed by atoms with van der Waals surface area (Å²) in [6, 6.07) is 7.62. The van der Waals surface area contributed by atoms with Crippen molar-refractivity contribution in [2.45, 2.75) is 68.9 Å². The van der Waals surface area contributed by atoms with Crippen LogP contribution in [0.25, 0.3) is 0 Å². The Balaban J connectivity index is 2.50. The first-order chi connectivity index (χ1) is 10.2. The van der Waals surface area contributed by atoms with Gasteiger partial charge in [-0.1, -0.05) is 79.7 Å². The number of hydrogen-bond donors (Lipinski definition) is 1. The van der Waals surface area contributed by atoms with E-state index in [4.69, 9.17) is 5.73 Å². The van der Waals surface area contributed by atoms with Crippen LogP contribution in [0.5, 0.6) is 0 Å². The minimum atomic E-state index is -0.339. The molecule has 21 heavy (non-hydrogen) atoms. The fourth-order valence-electron chi connectivity index (χ4n) is 2.22. The van der Waals surface area contributed by atoms with Crippen LogP contribution in [-0.4, -0.2) is 11.2 Å². The van der Waals surface area contributed by atoms with Gasteiger partial charge in [0, 0.05) is 10.1 Å². The van der Waals surface area contributed by atoms with E-state index in [1.807, 2.05) is 29.0 Å². The first-order valence-electron chi connectivity index (χ1n) is 7.91. The fraction of sp³-hybridized carbons (Fsp3) is 0.588. The molecule has 0 spiro atoms. The second-order valence-corrected chi connectivity index (χ2v) is 7.84. The van der Waals surface area contributed by atoms with Crippen LogP contribution in [-0.2, 0) is 0 Å². The molecule has 0 bridgehead atoms. The van der Waals surface area contributed by atoms with Crippen molar-refractivity contribution < 1.29 is 4.79 Å². The monoisotopic (exact) mass is 325 g/mol. The molecule has 0 aliphatic rings. The number of nitrogens with two attached hydrogens (primary N) is 1. The van der Waals surface area contributed by atoms with Crippen LogP contribution >= 0.6 is 21.6 Å². The topological polar surface area (TPSA) is 43.1 Å². The van der Waals surface area contributed by atoms with Crippen molar-refractivity contribution in [3.05, 3.63) is 29.8 Å². The highest BCUT2D eigenvalue weighted by Crippen LogP contribution is 2.39. The van der Waals surface area contributed by atoms with Gasteiger partial charge in [-0.2, -0.15) is 0 Å². The summed E-state index contributed by atoms with van der Waals surface area (Å²) in [6.45, 7) is 4.48. The molecule has 0 aliphatic carbocycles. The average molecular weight is 326 g/mol. The van der Waals surface area contributed by atoms with Gasteiger partial charge in [0.15, 0.2) is 0 Å². The van der Waals surface area contributed by atoms with Gasteiger partial charge in [-0.3, -0.25) is 4.79 Å². The third-order valence-corrected chi connectivity index (χ3v) is 6.44. The van der Waals surface area contributed by atoms with Crippen molar-refractivity contribution in [1.29, 1.82) is 0 Å². The molecule has 0 aromatic heterocycles. The quantitative estimate of drug-likeness (QED) is 0.421. The molecule has 0 heterocycles. The van der Waals surface area contributed by atoms with Crippen LogP contribution in [0.4, 0.5) is 0 Å². The minimum absolute atomic E-state index is 0.339. The number of primary amides is 1. The lowest BCUT2D eigenvalue weighted by Gasteiger charge is -2.15. The molecule has 118 valence electrons. The van der Waals surface area contributed by atoms with Crippen molar-refractivity contribution in [2.24, 2.45) is 5.73 Å². The van der Waals surface area contributed by atoms with Crippen LogP contribution in [0.1, 0.15) is 69.2 Å². The molecule has 1 unspecified atom stereocenters. The first-order valence-corrected chi connectivity index (χ1v) is 10.1. The largest absolute Gasteiger partial charge is 0.366 e. The van der Waals surface area contributed by atoms with Crippen molar-refractivity contribution in [2.75, 3.05) is 0 Å². The van der Waals surface area contributed by atoms with Crippen LogP contribution < -0.4 is 5.73 Å². The number of hydrogen-bond acceptors (Lipinski definition) is 3. The van der Waals surface area contributed by atoms with Crippen LogP contribution in [0, 0.1) is 0 Å². The number of rotatable bonds is 11. The molecular formula is C17H27NOS2. The predicted molar refractivity (Wildman–Crippen MR) is 95.9 cm³/mol. The normalized spacial score (nSPS) is 12.3. The highest BCUT2D eigenvalue weighted by Gasteiger charge is 2.13. The van der Waals surface area contributed by atoms with E-state index in [0.29, 0.717) is 10.8 Å². The van der Waals surface area contributed by atoms with E-state index in [-0.39, 0.29) is 5.91 Å². The molecule has 4 heteroatoms. The second kappa shape index (κ2) is 11.0. The van der Waals surface area contributed by atoms with Gasteiger partial charge in [0.25, 0.3) is 0 Å². The summed E-state index contributed by atoms with van der Waals surface area (Å²) in [4.78, 5) is 12.4. The molecular weight excluding hydrogens is 298 g/mol. The molecule has 1 aromatic carbocycles. The molecule has 2 nitrogen and oxygen atoms in total. The van der Waals surface area contributed by atoms with Crippen molar-refractivity contribution in [3.63, 3.8) is 0 Å². The third kappa shape index (κ3) is 7.28. The van der Waals surface area contributed by atoms with Gasteiger partial charge in [-0.05, 0) is 25.0 Å². The zero-order chi connectivity index (χ0) is 15.5. The summed E-state index contributed by atoms with van der Waals surface area (Å²) in [7, 11) is 3.60. The van der Waals surface area contributed by atoms with E-state index in [1.165, 1.54) is 44.9 Å². The van der Waals surface area contributed by atoms with E-state index >= 15 is 0 Å². The van der Waals surface area contributed by atoms with Gasteiger partial charge in [-0.15, -0.1) is 0 Å². The van der Waals surface area contributed by atoms with Gasteiger partial charge in [-0.25, -0.2) is 0 Å². The first kappa shape index (κ1) is 18.4. The molecule has 0 radical (unpaired) electrons. The van der Waals surface area contributed by atoms with Crippen LogP contribution in [0.3, 0.4) is 0 Å². The molecule has 1 aromatic rings. The summed E-state index contributed by atoms with van der Waals surface area (Å²) in [5.41, 5.74) is 6.07. The Labute approximate surface area is 137 Å². The number of amides is 1. The Morgan fingerprint density at radius 3 is 2.52 bits per heavy atom. The van der Waals surface area contributed by atoms with Gasteiger partial charge in [0.05, 0.1) is 5.56 Å². The zero-order valence-electron chi connectivity index (χ0n) is 13.1. The lowest BCUT2D eigenvalue weighted by atomic mass is 10.1. The summed E-state index contributed by atoms with van der Waals surface area (Å²) < 4.78 is 0. The summed E-state index contributed by atoms with van der Waals surface area (Å²) in [5, 5.41) is 0.665. The Kier molecular flexibility index (Phi) is 9.68. The molecule has 1 amide bonds. The molecule has 2 N–H and O–H groups in total. The minimum Gasteiger partial charge on any atom is -0.366 e. The maximum atomic E-state index is 11.4. The van der Waals surface area contributed by atoms with E-state index < -0.39 is 0 Å². The average Bonchev–Trinajstić information content (AvgIpc) is 2.49. The molecule has 0 aliphatic heterocycles. The molecule has 1 atom stereocenters. The van der Waals surface area contributed by atoms with Gasteiger partial charge < -0.3 is 5.73 Å². The lowest BCUT2D eigenvalue weighted by Crippen LogP contribution is -2.11. The summed E-state index contributed by atoms with van der Waals surface area (Å²) in [6.07, 6.45) is 8.98. The van der Waals surface area contributed by atoms with Crippen LogP contribution in [0.15, 0.2) is 29.2 Å². The van der Waals surface area contributed by atoms with Crippen molar-refractivity contribution >= 4 is 27.5 Å². The molecule has 0 saturated heterocycles. The second-order valence-electron chi connectivity index (χ2n) is 5.30. The van der Waals surface area contributed by atoms with Crippen molar-refractivity contribution in [1.82, 2.24) is 0 Å². The number of carbonyl (C=O) groups excluding carboxylic acids is 1. The maximum Gasteiger partial charge on any atom is 0.249 e. The summed E-state index contributed by atoms with van der Waals surface area (Å²) in [5.74, 6) is -0.339. The number of benzene rings is 1. The van der Waals surface area contributed by atoms with Crippen LogP contribution in [0.2, 0.25) is 0 Å². The maximum absolute atomic E-state index is 11.4. The van der Waals surface area contributed by atoms with E-state index in [2.05, 4.69) is 13.8 Å². The lowest BCUT2D eigenvalue weighted by molar-refractivity contribution is 0.0997. The fourth-order valence-corrected chi connectivity index (χ4v) is 5.18. The number of carbonyl (C=O) groups is 1. The van der Waals surface area contributed by atoms with E-state index in [9.17, 15) is 4.79 Å². The molecule has 1 rings (SSSR count). The Hall–Kier alpha value is -0.610. The predicted octanol–water partition coefficient (Wildman–Crippen LogP) is 5.66. The smallest absolute Gasteiger partial charge is 0.249 e. The SMILES string of the molecule is CCCCCCC(CCC)SSc1ccccc1C(N)=O. The van der Waals surface area contributed by atoms with Gasteiger partial charge >= 0.3 is 0 Å². The highest BCUT2D eigenvalue weighted by atomic mass is 33.1. The highest BCUT2D eigenvalue weighted by molar-refractivity contribution is 8.77. The zero-order valence-corrected chi connectivity index (χ0v) is 14.8. The van der Waals surface area contributed by atoms with E-state index in [1.54, 1.807) is 16.9 Å². The molecule has 0 fully saturated rings. The summed E-state index contributed by atoms with van der Waals surface area (Å²) >= 11 is 0. The van der Waals surface area contributed by atoms with Crippen molar-refractivity contribution in [3.8, 4) is 0 Å². The Morgan fingerprint density at radius 1 is 1.10 bits per heavy atom.